The third-order valence-corrected chi connectivity index (χ3v) is 5.22. The van der Waals surface area contributed by atoms with Gasteiger partial charge in [-0.3, -0.25) is 4.99 Å². The molecule has 2 heterocycles. The van der Waals surface area contributed by atoms with Crippen LogP contribution in [0.5, 0.6) is 0 Å². The Labute approximate surface area is 179 Å². The highest BCUT2D eigenvalue weighted by Crippen LogP contribution is 2.16. The van der Waals surface area contributed by atoms with Gasteiger partial charge < -0.3 is 24.7 Å². The van der Waals surface area contributed by atoms with Crippen molar-refractivity contribution in [2.24, 2.45) is 10.9 Å². The van der Waals surface area contributed by atoms with E-state index in [9.17, 15) is 0 Å². The number of hydrogen-bond donors (Lipinski definition) is 2. The maximum Gasteiger partial charge on any atom is 0.191 e. The molecule has 2 N–H and O–H groups in total. The van der Waals surface area contributed by atoms with Crippen LogP contribution in [0, 0.1) is 5.92 Å². The van der Waals surface area contributed by atoms with Crippen molar-refractivity contribution in [3.05, 3.63) is 5.82 Å². The summed E-state index contributed by atoms with van der Waals surface area (Å²) in [6, 6.07) is 0. The van der Waals surface area contributed by atoms with Gasteiger partial charge in [-0.15, -0.1) is 10.2 Å². The lowest BCUT2D eigenvalue weighted by Crippen LogP contribution is -2.38. The maximum atomic E-state index is 5.80. The lowest BCUT2D eigenvalue weighted by Gasteiger charge is -2.13. The van der Waals surface area contributed by atoms with Crippen LogP contribution in [-0.2, 0) is 22.4 Å². The summed E-state index contributed by atoms with van der Waals surface area (Å²) in [5.74, 6) is 2.50. The van der Waals surface area contributed by atoms with Crippen LogP contribution < -0.4 is 10.6 Å². The predicted octanol–water partition coefficient (Wildman–Crippen LogP) is 2.34. The Morgan fingerprint density at radius 2 is 2.21 bits per heavy atom. The number of rotatable bonds is 13. The molecule has 0 aliphatic carbocycles. The number of guanidine groups is 1. The first-order valence-corrected chi connectivity index (χ1v) is 12.0. The second kappa shape index (κ2) is 13.8. The minimum absolute atomic E-state index is 0.279. The Bertz CT molecular complexity index is 602. The molecule has 1 aliphatic rings. The molecule has 0 aromatic carbocycles. The largest absolute Gasteiger partial charge is 0.379 e. The molecular formula is C20H38N6O2S. The predicted molar refractivity (Wildman–Crippen MR) is 119 cm³/mol. The fourth-order valence-corrected chi connectivity index (χ4v) is 3.67. The number of aliphatic imine (C=N–C) groups is 1. The Balaban J connectivity index is 1.70. The molecule has 0 bridgehead atoms. The molecule has 1 fully saturated rings. The molecule has 1 unspecified atom stereocenters. The quantitative estimate of drug-likeness (QED) is 0.217. The minimum atomic E-state index is 0.279. The van der Waals surface area contributed by atoms with Gasteiger partial charge in [-0.1, -0.05) is 25.6 Å². The van der Waals surface area contributed by atoms with Gasteiger partial charge in [-0.25, -0.2) is 0 Å². The van der Waals surface area contributed by atoms with E-state index in [1.807, 2.05) is 0 Å². The zero-order valence-electron chi connectivity index (χ0n) is 18.4. The summed E-state index contributed by atoms with van der Waals surface area (Å²) in [4.78, 5) is 4.69. The normalized spacial score (nSPS) is 17.3. The van der Waals surface area contributed by atoms with E-state index in [2.05, 4.69) is 52.4 Å². The molecule has 0 spiro atoms. The van der Waals surface area contributed by atoms with E-state index >= 15 is 0 Å². The fourth-order valence-electron chi connectivity index (χ4n) is 3.15. The van der Waals surface area contributed by atoms with Crippen LogP contribution in [0.2, 0.25) is 0 Å². The zero-order chi connectivity index (χ0) is 20.9. The van der Waals surface area contributed by atoms with Crippen molar-refractivity contribution < 1.29 is 9.47 Å². The highest BCUT2D eigenvalue weighted by atomic mass is 32.2. The summed E-state index contributed by atoms with van der Waals surface area (Å²) in [6.07, 6.45) is 6.14. The van der Waals surface area contributed by atoms with Crippen LogP contribution in [0.3, 0.4) is 0 Å². The van der Waals surface area contributed by atoms with Gasteiger partial charge in [0.05, 0.1) is 12.7 Å². The van der Waals surface area contributed by atoms with Crippen LogP contribution >= 0.6 is 11.8 Å². The highest BCUT2D eigenvalue weighted by molar-refractivity contribution is 7.98. The molecule has 1 aliphatic heterocycles. The van der Waals surface area contributed by atoms with Crippen LogP contribution in [0.25, 0.3) is 0 Å². The third kappa shape index (κ3) is 8.92. The number of aromatic nitrogens is 3. The van der Waals surface area contributed by atoms with Gasteiger partial charge in [-0.2, -0.15) is 0 Å². The van der Waals surface area contributed by atoms with Crippen molar-refractivity contribution in [3.63, 3.8) is 0 Å². The number of hydrogen-bond acceptors (Lipinski definition) is 6. The molecule has 9 heteroatoms. The van der Waals surface area contributed by atoms with Gasteiger partial charge in [0.2, 0.25) is 0 Å². The molecule has 29 heavy (non-hydrogen) atoms. The summed E-state index contributed by atoms with van der Waals surface area (Å²) in [5.41, 5.74) is 0. The Kier molecular flexibility index (Phi) is 11.4. The van der Waals surface area contributed by atoms with Crippen LogP contribution in [0.1, 0.15) is 45.9 Å². The first-order valence-electron chi connectivity index (χ1n) is 10.8. The number of nitrogens with one attached hydrogen (secondary N) is 2. The van der Waals surface area contributed by atoms with Gasteiger partial charge in [0.25, 0.3) is 0 Å². The van der Waals surface area contributed by atoms with Crippen molar-refractivity contribution in [2.45, 2.75) is 64.3 Å². The molecule has 1 saturated heterocycles. The molecule has 0 amide bonds. The molecular weight excluding hydrogens is 388 g/mol. The molecule has 8 nitrogen and oxygen atoms in total. The third-order valence-electron chi connectivity index (χ3n) is 4.55. The van der Waals surface area contributed by atoms with E-state index in [-0.39, 0.29) is 6.10 Å². The maximum absolute atomic E-state index is 5.80. The molecule has 0 radical (unpaired) electrons. The summed E-state index contributed by atoms with van der Waals surface area (Å²) >= 11 is 1.65. The second-order valence-corrected chi connectivity index (χ2v) is 8.38. The van der Waals surface area contributed by atoms with Gasteiger partial charge in [0, 0.05) is 45.8 Å². The van der Waals surface area contributed by atoms with Crippen molar-refractivity contribution in [3.8, 4) is 0 Å². The molecule has 2 rings (SSSR count). The van der Waals surface area contributed by atoms with Crippen LogP contribution in [0.15, 0.2) is 10.1 Å². The topological polar surface area (TPSA) is 85.6 Å². The lowest BCUT2D eigenvalue weighted by atomic mass is 10.2. The smallest absolute Gasteiger partial charge is 0.191 e. The first-order chi connectivity index (χ1) is 14.1. The van der Waals surface area contributed by atoms with E-state index < -0.39 is 0 Å². The van der Waals surface area contributed by atoms with E-state index in [0.717, 1.165) is 88.6 Å². The Morgan fingerprint density at radius 3 is 2.90 bits per heavy atom. The number of nitrogens with zero attached hydrogens (tertiary/aromatic N) is 4. The van der Waals surface area contributed by atoms with Crippen molar-refractivity contribution in [1.82, 2.24) is 25.4 Å². The number of ether oxygens (including phenoxy) is 2. The number of thioether (sulfide) groups is 1. The SMILES string of the molecule is CCNC(=NCCCc1nnc(SC)n1CC(C)C)NCCCOC1CCOC1. The standard InChI is InChI=1S/C20H38N6O2S/c1-5-21-19(23-11-7-12-28-17-9-13-27-15-17)22-10-6-8-18-24-25-20(29-4)26(18)14-16(2)3/h16-17H,5-15H2,1-4H3,(H2,21,22,23). The van der Waals surface area contributed by atoms with Crippen LogP contribution in [0.4, 0.5) is 0 Å². The summed E-state index contributed by atoms with van der Waals surface area (Å²) in [7, 11) is 0. The molecule has 1 aromatic rings. The molecule has 1 aromatic heterocycles. The van der Waals surface area contributed by atoms with Gasteiger partial charge in [0.1, 0.15) is 5.82 Å². The van der Waals surface area contributed by atoms with Gasteiger partial charge >= 0.3 is 0 Å². The van der Waals surface area contributed by atoms with E-state index in [0.29, 0.717) is 5.92 Å². The average molecular weight is 427 g/mol. The monoisotopic (exact) mass is 426 g/mol. The Morgan fingerprint density at radius 1 is 1.34 bits per heavy atom. The Hall–Kier alpha value is -1.32. The minimum Gasteiger partial charge on any atom is -0.379 e. The fraction of sp³-hybridized carbons (Fsp3) is 0.850. The molecule has 166 valence electrons. The van der Waals surface area contributed by atoms with E-state index in [1.165, 1.54) is 0 Å². The zero-order valence-corrected chi connectivity index (χ0v) is 19.3. The second-order valence-electron chi connectivity index (χ2n) is 7.61. The van der Waals surface area contributed by atoms with Gasteiger partial charge in [0.15, 0.2) is 11.1 Å². The van der Waals surface area contributed by atoms with Crippen molar-refractivity contribution >= 4 is 17.7 Å². The lowest BCUT2D eigenvalue weighted by molar-refractivity contribution is 0.0420. The van der Waals surface area contributed by atoms with E-state index in [1.54, 1.807) is 11.8 Å². The summed E-state index contributed by atoms with van der Waals surface area (Å²) < 4.78 is 13.4. The van der Waals surface area contributed by atoms with Crippen molar-refractivity contribution in [1.29, 1.82) is 0 Å². The highest BCUT2D eigenvalue weighted by Gasteiger charge is 2.15. The summed E-state index contributed by atoms with van der Waals surface area (Å²) in [6.45, 7) is 12.3. The molecule has 1 atom stereocenters. The van der Waals surface area contributed by atoms with Gasteiger partial charge in [-0.05, 0) is 38.4 Å². The first kappa shape index (κ1) is 24.0. The average Bonchev–Trinajstić information content (AvgIpc) is 3.34. The van der Waals surface area contributed by atoms with Crippen molar-refractivity contribution in [2.75, 3.05) is 45.7 Å². The van der Waals surface area contributed by atoms with E-state index in [4.69, 9.17) is 14.5 Å². The number of aryl methyl sites for hydroxylation is 1. The summed E-state index contributed by atoms with van der Waals surface area (Å²) in [5, 5.41) is 16.4. The molecule has 0 saturated carbocycles. The van der Waals surface area contributed by atoms with Crippen LogP contribution in [-0.4, -0.2) is 72.5 Å².